The summed E-state index contributed by atoms with van der Waals surface area (Å²) in [5, 5.41) is 12.1. The summed E-state index contributed by atoms with van der Waals surface area (Å²) >= 11 is 5.92. The van der Waals surface area contributed by atoms with Crippen LogP contribution in [0.1, 0.15) is 37.9 Å². The van der Waals surface area contributed by atoms with E-state index in [0.717, 1.165) is 48.8 Å². The molecule has 0 radical (unpaired) electrons. The Hall–Kier alpha value is -3.00. The van der Waals surface area contributed by atoms with Crippen molar-refractivity contribution in [1.29, 1.82) is 0 Å². The number of carbonyl (C=O) groups is 1. The van der Waals surface area contributed by atoms with Crippen LogP contribution in [0, 0.1) is 11.7 Å². The molecule has 1 amide bonds. The molecule has 3 aromatic rings. The average Bonchev–Trinajstić information content (AvgIpc) is 3.09. The summed E-state index contributed by atoms with van der Waals surface area (Å²) < 4.78 is 16.7. The summed E-state index contributed by atoms with van der Waals surface area (Å²) in [6.45, 7) is 2.28. The van der Waals surface area contributed by atoms with E-state index in [2.05, 4.69) is 30.0 Å². The van der Waals surface area contributed by atoms with Crippen molar-refractivity contribution in [3.05, 3.63) is 53.2 Å². The molecule has 5 rings (SSSR count). The molecule has 2 aliphatic rings. The zero-order valence-electron chi connectivity index (χ0n) is 18.3. The van der Waals surface area contributed by atoms with Crippen LogP contribution in [0.3, 0.4) is 0 Å². The number of piperidine rings is 1. The lowest BCUT2D eigenvalue weighted by Crippen LogP contribution is -2.38. The van der Waals surface area contributed by atoms with Crippen LogP contribution in [0.4, 0.5) is 15.9 Å². The Bertz CT molecular complexity index is 1140. The third kappa shape index (κ3) is 4.71. The van der Waals surface area contributed by atoms with E-state index in [1.807, 2.05) is 12.1 Å². The van der Waals surface area contributed by atoms with Gasteiger partial charge in [0.15, 0.2) is 5.82 Å². The number of nitrogens with one attached hydrogen (secondary N) is 1. The third-order valence-electron chi connectivity index (χ3n) is 6.49. The van der Waals surface area contributed by atoms with E-state index in [9.17, 15) is 9.18 Å². The fourth-order valence-corrected chi connectivity index (χ4v) is 4.73. The van der Waals surface area contributed by atoms with Gasteiger partial charge in [-0.2, -0.15) is 0 Å². The van der Waals surface area contributed by atoms with Gasteiger partial charge in [-0.15, -0.1) is 10.2 Å². The van der Waals surface area contributed by atoms with Crippen LogP contribution in [0.2, 0.25) is 5.02 Å². The number of nitrogens with zero attached hydrogens (tertiary/aromatic N) is 5. The van der Waals surface area contributed by atoms with Crippen molar-refractivity contribution in [1.82, 2.24) is 19.7 Å². The number of anilines is 2. The van der Waals surface area contributed by atoms with Crippen LogP contribution in [0.25, 0.3) is 11.4 Å². The van der Waals surface area contributed by atoms with Gasteiger partial charge in [-0.05, 0) is 56.0 Å². The second-order valence-electron chi connectivity index (χ2n) is 8.68. The van der Waals surface area contributed by atoms with E-state index in [4.69, 9.17) is 11.6 Å². The summed E-state index contributed by atoms with van der Waals surface area (Å²) in [6.07, 6.45) is 7.23. The highest BCUT2D eigenvalue weighted by Gasteiger charge is 2.26. The molecule has 0 unspecified atom stereocenters. The molecule has 0 saturated carbocycles. The molecule has 0 aliphatic carbocycles. The van der Waals surface area contributed by atoms with Gasteiger partial charge >= 0.3 is 0 Å². The van der Waals surface area contributed by atoms with Gasteiger partial charge in [-0.3, -0.25) is 4.79 Å². The number of carbonyl (C=O) groups excluding carboxylic acids is 1. The van der Waals surface area contributed by atoms with Crippen molar-refractivity contribution in [2.75, 3.05) is 23.3 Å². The average molecular weight is 469 g/mol. The van der Waals surface area contributed by atoms with E-state index in [1.165, 1.54) is 12.5 Å². The van der Waals surface area contributed by atoms with Gasteiger partial charge in [0, 0.05) is 43.7 Å². The molecule has 2 aliphatic heterocycles. The van der Waals surface area contributed by atoms with Crippen LogP contribution in [-0.4, -0.2) is 38.7 Å². The van der Waals surface area contributed by atoms with Gasteiger partial charge in [0.25, 0.3) is 0 Å². The van der Waals surface area contributed by atoms with Crippen LogP contribution in [0.5, 0.6) is 0 Å². The van der Waals surface area contributed by atoms with Gasteiger partial charge in [0.2, 0.25) is 5.91 Å². The van der Waals surface area contributed by atoms with Crippen molar-refractivity contribution < 1.29 is 9.18 Å². The first-order valence-corrected chi connectivity index (χ1v) is 11.9. The molecule has 1 fully saturated rings. The molecule has 4 heterocycles. The first-order valence-electron chi connectivity index (χ1n) is 11.5. The van der Waals surface area contributed by atoms with Crippen molar-refractivity contribution in [2.45, 2.75) is 45.1 Å². The Morgan fingerprint density at radius 2 is 1.91 bits per heavy atom. The zero-order chi connectivity index (χ0) is 22.8. The number of hydrogen-bond acceptors (Lipinski definition) is 5. The predicted octanol–water partition coefficient (Wildman–Crippen LogP) is 4.71. The number of halogens is 2. The first-order chi connectivity index (χ1) is 16.1. The molecule has 0 spiro atoms. The predicted molar refractivity (Wildman–Crippen MR) is 126 cm³/mol. The largest absolute Gasteiger partial charge is 0.357 e. The minimum Gasteiger partial charge on any atom is -0.357 e. The van der Waals surface area contributed by atoms with Crippen LogP contribution in [-0.2, 0) is 17.8 Å². The lowest BCUT2D eigenvalue weighted by atomic mass is 9.95. The van der Waals surface area contributed by atoms with Crippen LogP contribution < -0.4 is 10.2 Å². The minimum absolute atomic E-state index is 0.158. The maximum absolute atomic E-state index is 14.6. The van der Waals surface area contributed by atoms with E-state index < -0.39 is 5.82 Å². The van der Waals surface area contributed by atoms with Crippen LogP contribution in [0.15, 0.2) is 36.5 Å². The highest BCUT2D eigenvalue weighted by Crippen LogP contribution is 2.28. The van der Waals surface area contributed by atoms with Crippen molar-refractivity contribution >= 4 is 29.0 Å². The Balaban J connectivity index is 1.27. The Morgan fingerprint density at radius 1 is 1.06 bits per heavy atom. The number of fused-ring (bicyclic) bond motifs is 1. The maximum atomic E-state index is 14.6. The Kier molecular flexibility index (Phi) is 6.26. The third-order valence-corrected chi connectivity index (χ3v) is 6.72. The monoisotopic (exact) mass is 468 g/mol. The fraction of sp³-hybridized carbons (Fsp3) is 0.417. The number of amides is 1. The number of hydrogen-bond donors (Lipinski definition) is 1. The van der Waals surface area contributed by atoms with E-state index in [0.29, 0.717) is 31.0 Å². The SMILES string of the molecule is O=C(Nc1cc(-c2nnc3n2CCCCC3)ccc1F)C1CCN(c2ccc(Cl)cn2)CC1. The molecule has 7 nitrogen and oxygen atoms in total. The molecular formula is C24H26ClFN6O. The standard InChI is InChI=1S/C24H26ClFN6O/c25-18-6-8-21(27-15-18)31-12-9-16(10-13-31)24(33)28-20-14-17(5-7-19(20)26)23-30-29-22-4-2-1-3-11-32(22)23/h5-8,14-16H,1-4,9-13H2,(H,28,33). The molecule has 1 saturated heterocycles. The van der Waals surface area contributed by atoms with Crippen molar-refractivity contribution in [3.63, 3.8) is 0 Å². The molecule has 0 atom stereocenters. The molecule has 0 bridgehead atoms. The molecular weight excluding hydrogens is 443 g/mol. The zero-order valence-corrected chi connectivity index (χ0v) is 19.1. The molecule has 2 aromatic heterocycles. The number of benzene rings is 1. The number of pyridine rings is 1. The smallest absolute Gasteiger partial charge is 0.227 e. The second kappa shape index (κ2) is 9.47. The minimum atomic E-state index is -0.453. The molecule has 172 valence electrons. The van der Waals surface area contributed by atoms with Crippen LogP contribution >= 0.6 is 11.6 Å². The highest BCUT2D eigenvalue weighted by atomic mass is 35.5. The topological polar surface area (TPSA) is 75.9 Å². The van der Waals surface area contributed by atoms with E-state index in [-0.39, 0.29) is 17.5 Å². The first kappa shape index (κ1) is 21.8. The van der Waals surface area contributed by atoms with Crippen molar-refractivity contribution in [2.24, 2.45) is 5.92 Å². The van der Waals surface area contributed by atoms with E-state index in [1.54, 1.807) is 18.3 Å². The molecule has 33 heavy (non-hydrogen) atoms. The van der Waals surface area contributed by atoms with Gasteiger partial charge in [0.05, 0.1) is 10.7 Å². The Labute approximate surface area is 197 Å². The fourth-order valence-electron chi connectivity index (χ4n) is 4.62. The lowest BCUT2D eigenvalue weighted by molar-refractivity contribution is -0.120. The normalized spacial score (nSPS) is 16.8. The molecule has 1 aromatic carbocycles. The van der Waals surface area contributed by atoms with Gasteiger partial charge in [0.1, 0.15) is 17.5 Å². The maximum Gasteiger partial charge on any atom is 0.227 e. The summed E-state index contributed by atoms with van der Waals surface area (Å²) in [5.74, 6) is 1.76. The quantitative estimate of drug-likeness (QED) is 0.600. The summed E-state index contributed by atoms with van der Waals surface area (Å²) in [5.41, 5.74) is 0.946. The summed E-state index contributed by atoms with van der Waals surface area (Å²) in [4.78, 5) is 19.4. The van der Waals surface area contributed by atoms with Gasteiger partial charge in [-0.1, -0.05) is 18.0 Å². The van der Waals surface area contributed by atoms with Crippen molar-refractivity contribution in [3.8, 4) is 11.4 Å². The van der Waals surface area contributed by atoms with E-state index >= 15 is 0 Å². The Morgan fingerprint density at radius 3 is 2.70 bits per heavy atom. The van der Waals surface area contributed by atoms with Gasteiger partial charge in [-0.25, -0.2) is 9.37 Å². The number of aryl methyl sites for hydroxylation is 1. The van der Waals surface area contributed by atoms with Gasteiger partial charge < -0.3 is 14.8 Å². The lowest BCUT2D eigenvalue weighted by Gasteiger charge is -2.32. The number of rotatable bonds is 4. The summed E-state index contributed by atoms with van der Waals surface area (Å²) in [6, 6.07) is 8.45. The second-order valence-corrected chi connectivity index (χ2v) is 9.12. The molecule has 9 heteroatoms. The number of aromatic nitrogens is 4. The highest BCUT2D eigenvalue weighted by molar-refractivity contribution is 6.30. The summed E-state index contributed by atoms with van der Waals surface area (Å²) in [7, 11) is 0. The molecule has 1 N–H and O–H groups in total.